The predicted molar refractivity (Wildman–Crippen MR) is 65.1 cm³/mol. The minimum atomic E-state index is -4.42. The number of rotatable bonds is 5. The van der Waals surface area contributed by atoms with Gasteiger partial charge in [-0.05, 0) is 26.1 Å². The van der Waals surface area contributed by atoms with Crippen molar-refractivity contribution >= 4 is 17.7 Å². The van der Waals surface area contributed by atoms with Gasteiger partial charge in [0.1, 0.15) is 5.54 Å². The van der Waals surface area contributed by atoms with E-state index < -0.39 is 23.2 Å². The number of likely N-dealkylation sites (N-methyl/N-ethyl adjacent to an activating group) is 1. The molecule has 19 heavy (non-hydrogen) atoms. The van der Waals surface area contributed by atoms with E-state index in [0.29, 0.717) is 5.03 Å². The Balaban J connectivity index is 2.72. The molecule has 0 aliphatic heterocycles. The van der Waals surface area contributed by atoms with Crippen LogP contribution >= 0.6 is 11.8 Å². The van der Waals surface area contributed by atoms with Gasteiger partial charge in [-0.25, -0.2) is 4.98 Å². The molecule has 0 aliphatic carbocycles. The Morgan fingerprint density at radius 3 is 2.47 bits per heavy atom. The van der Waals surface area contributed by atoms with Crippen LogP contribution in [0.2, 0.25) is 0 Å². The Morgan fingerprint density at radius 2 is 2.11 bits per heavy atom. The van der Waals surface area contributed by atoms with Gasteiger partial charge in [0.25, 0.3) is 0 Å². The summed E-state index contributed by atoms with van der Waals surface area (Å²) in [5.41, 5.74) is -1.99. The van der Waals surface area contributed by atoms with Crippen molar-refractivity contribution < 1.29 is 23.1 Å². The summed E-state index contributed by atoms with van der Waals surface area (Å²) in [5, 5.41) is 12.0. The summed E-state index contributed by atoms with van der Waals surface area (Å²) >= 11 is 1.08. The number of nitrogens with zero attached hydrogens (tertiary/aromatic N) is 1. The zero-order valence-corrected chi connectivity index (χ0v) is 11.1. The van der Waals surface area contributed by atoms with Crippen molar-refractivity contribution in [2.75, 3.05) is 12.8 Å². The van der Waals surface area contributed by atoms with E-state index >= 15 is 0 Å². The molecule has 2 N–H and O–H groups in total. The minimum Gasteiger partial charge on any atom is -0.480 e. The summed E-state index contributed by atoms with van der Waals surface area (Å²) in [6.45, 7) is 1.49. The Hall–Kier alpha value is -1.28. The molecule has 0 amide bonds. The summed E-state index contributed by atoms with van der Waals surface area (Å²) < 4.78 is 37.0. The number of carboxylic acid groups (broad SMARTS) is 1. The zero-order chi connectivity index (χ0) is 14.7. The second kappa shape index (κ2) is 5.79. The van der Waals surface area contributed by atoms with E-state index in [1.54, 1.807) is 0 Å². The third-order valence-corrected chi connectivity index (χ3v) is 3.86. The van der Waals surface area contributed by atoms with Gasteiger partial charge in [0.2, 0.25) is 0 Å². The number of aliphatic carboxylic acids is 1. The maximum Gasteiger partial charge on any atom is 0.417 e. The van der Waals surface area contributed by atoms with Crippen molar-refractivity contribution in [3.8, 4) is 0 Å². The number of carbonyl (C=O) groups is 1. The van der Waals surface area contributed by atoms with Crippen LogP contribution in [-0.2, 0) is 11.0 Å². The van der Waals surface area contributed by atoms with Crippen LogP contribution in [0.15, 0.2) is 23.4 Å². The zero-order valence-electron chi connectivity index (χ0n) is 10.3. The largest absolute Gasteiger partial charge is 0.480 e. The van der Waals surface area contributed by atoms with Crippen LogP contribution in [0.1, 0.15) is 12.5 Å². The average Bonchev–Trinajstić information content (AvgIpc) is 2.35. The van der Waals surface area contributed by atoms with Crippen molar-refractivity contribution in [2.24, 2.45) is 0 Å². The summed E-state index contributed by atoms with van der Waals surface area (Å²) in [7, 11) is 1.51. The lowest BCUT2D eigenvalue weighted by Crippen LogP contribution is -2.49. The standard InChI is InChI=1S/C11H13F3N2O2S/c1-10(15-2,9(17)18)6-19-8-4-3-7(5-16-8)11(12,13)14/h3-5,15H,6H2,1-2H3,(H,17,18). The third-order valence-electron chi connectivity index (χ3n) is 2.60. The summed E-state index contributed by atoms with van der Waals surface area (Å²) in [6.07, 6.45) is -3.68. The van der Waals surface area contributed by atoms with Crippen molar-refractivity contribution in [3.05, 3.63) is 23.9 Å². The molecule has 0 radical (unpaired) electrons. The topological polar surface area (TPSA) is 62.2 Å². The van der Waals surface area contributed by atoms with Crippen LogP contribution in [0.5, 0.6) is 0 Å². The third kappa shape index (κ3) is 4.10. The number of alkyl halides is 3. The van der Waals surface area contributed by atoms with Gasteiger partial charge in [-0.2, -0.15) is 13.2 Å². The van der Waals surface area contributed by atoms with Crippen molar-refractivity contribution in [1.29, 1.82) is 0 Å². The van der Waals surface area contributed by atoms with E-state index in [0.717, 1.165) is 24.0 Å². The van der Waals surface area contributed by atoms with Gasteiger partial charge in [0, 0.05) is 11.9 Å². The molecule has 1 aromatic heterocycles. The molecule has 1 atom stereocenters. The quantitative estimate of drug-likeness (QED) is 0.816. The van der Waals surface area contributed by atoms with Crippen molar-refractivity contribution in [2.45, 2.75) is 23.7 Å². The van der Waals surface area contributed by atoms with E-state index in [1.807, 2.05) is 0 Å². The molecular weight excluding hydrogens is 281 g/mol. The summed E-state index contributed by atoms with van der Waals surface area (Å²) in [6, 6.07) is 2.15. The molecule has 1 heterocycles. The first-order valence-electron chi connectivity index (χ1n) is 5.27. The first-order valence-corrected chi connectivity index (χ1v) is 6.26. The fourth-order valence-electron chi connectivity index (χ4n) is 1.09. The Labute approximate surface area is 112 Å². The van der Waals surface area contributed by atoms with Crippen molar-refractivity contribution in [3.63, 3.8) is 0 Å². The second-order valence-electron chi connectivity index (χ2n) is 4.06. The van der Waals surface area contributed by atoms with Crippen LogP contribution in [0.4, 0.5) is 13.2 Å². The first kappa shape index (κ1) is 15.8. The number of aromatic nitrogens is 1. The molecule has 0 spiro atoms. The molecule has 0 aliphatic rings. The first-order chi connectivity index (χ1) is 8.69. The minimum absolute atomic E-state index is 0.150. The number of pyridine rings is 1. The number of thioether (sulfide) groups is 1. The monoisotopic (exact) mass is 294 g/mol. The Bertz CT molecular complexity index is 450. The highest BCUT2D eigenvalue weighted by molar-refractivity contribution is 7.99. The highest BCUT2D eigenvalue weighted by Gasteiger charge is 2.32. The molecule has 1 aromatic rings. The Kier molecular flexibility index (Phi) is 4.81. The van der Waals surface area contributed by atoms with Crippen LogP contribution in [-0.4, -0.2) is 34.4 Å². The van der Waals surface area contributed by atoms with Gasteiger partial charge in [0.15, 0.2) is 0 Å². The summed E-state index contributed by atoms with van der Waals surface area (Å²) in [4.78, 5) is 14.7. The SMILES string of the molecule is CNC(C)(CSc1ccc(C(F)(F)F)cn1)C(=O)O. The number of halogens is 3. The van der Waals surface area contributed by atoms with E-state index in [9.17, 15) is 18.0 Å². The molecule has 0 saturated heterocycles. The highest BCUT2D eigenvalue weighted by Crippen LogP contribution is 2.30. The molecule has 4 nitrogen and oxygen atoms in total. The highest BCUT2D eigenvalue weighted by atomic mass is 32.2. The van der Waals surface area contributed by atoms with E-state index in [4.69, 9.17) is 5.11 Å². The van der Waals surface area contributed by atoms with E-state index in [-0.39, 0.29) is 5.75 Å². The van der Waals surface area contributed by atoms with Gasteiger partial charge in [-0.1, -0.05) is 0 Å². The van der Waals surface area contributed by atoms with Crippen LogP contribution in [0.3, 0.4) is 0 Å². The predicted octanol–water partition coefficient (Wildman–Crippen LogP) is 2.26. The maximum atomic E-state index is 12.3. The van der Waals surface area contributed by atoms with Crippen LogP contribution in [0, 0.1) is 0 Å². The number of hydrogen-bond donors (Lipinski definition) is 2. The van der Waals surface area contributed by atoms with Crippen LogP contribution in [0.25, 0.3) is 0 Å². The lowest BCUT2D eigenvalue weighted by atomic mass is 10.1. The van der Waals surface area contributed by atoms with Crippen molar-refractivity contribution in [1.82, 2.24) is 10.3 Å². The number of carboxylic acids is 1. The Morgan fingerprint density at radius 1 is 1.47 bits per heavy atom. The molecule has 0 aromatic carbocycles. The van der Waals surface area contributed by atoms with E-state index in [1.165, 1.54) is 20.0 Å². The summed E-state index contributed by atoms with van der Waals surface area (Å²) in [5.74, 6) is -0.883. The number of nitrogens with one attached hydrogen (secondary N) is 1. The molecule has 0 saturated carbocycles. The average molecular weight is 294 g/mol. The van der Waals surface area contributed by atoms with Crippen LogP contribution < -0.4 is 5.32 Å². The molecule has 1 rings (SSSR count). The molecule has 106 valence electrons. The van der Waals surface area contributed by atoms with Gasteiger partial charge in [0.05, 0.1) is 10.6 Å². The molecular formula is C11H13F3N2O2S. The normalized spacial score (nSPS) is 15.0. The molecule has 0 bridgehead atoms. The van der Waals surface area contributed by atoms with Gasteiger partial charge in [-0.3, -0.25) is 4.79 Å². The lowest BCUT2D eigenvalue weighted by molar-refractivity contribution is -0.143. The van der Waals surface area contributed by atoms with Gasteiger partial charge < -0.3 is 10.4 Å². The van der Waals surface area contributed by atoms with E-state index in [2.05, 4.69) is 10.3 Å². The van der Waals surface area contributed by atoms with Gasteiger partial charge in [-0.15, -0.1) is 11.8 Å². The smallest absolute Gasteiger partial charge is 0.417 e. The number of hydrogen-bond acceptors (Lipinski definition) is 4. The molecule has 8 heteroatoms. The lowest BCUT2D eigenvalue weighted by Gasteiger charge is -2.23. The fraction of sp³-hybridized carbons (Fsp3) is 0.455. The second-order valence-corrected chi connectivity index (χ2v) is 5.05. The maximum absolute atomic E-state index is 12.3. The fourth-order valence-corrected chi connectivity index (χ4v) is 2.09. The van der Waals surface area contributed by atoms with Gasteiger partial charge >= 0.3 is 12.1 Å². The molecule has 0 fully saturated rings. The molecule has 1 unspecified atom stereocenters.